The summed E-state index contributed by atoms with van der Waals surface area (Å²) >= 11 is 0. The maximum atomic E-state index is 12.3. The van der Waals surface area contributed by atoms with Crippen molar-refractivity contribution in [3.05, 3.63) is 53.9 Å². The molecule has 6 nitrogen and oxygen atoms in total. The molecule has 0 unspecified atom stereocenters. The van der Waals surface area contributed by atoms with Gasteiger partial charge in [-0.3, -0.25) is 9.36 Å². The van der Waals surface area contributed by atoms with Gasteiger partial charge < -0.3 is 14.8 Å². The molecule has 3 aromatic rings. The van der Waals surface area contributed by atoms with Gasteiger partial charge in [-0.25, -0.2) is 4.98 Å². The van der Waals surface area contributed by atoms with Crippen LogP contribution in [0.5, 0.6) is 5.75 Å². The molecule has 0 spiro atoms. The molecule has 142 valence electrons. The quantitative estimate of drug-likeness (QED) is 0.619. The van der Waals surface area contributed by atoms with Gasteiger partial charge in [0, 0.05) is 31.5 Å². The smallest absolute Gasteiger partial charge is 0.251 e. The summed E-state index contributed by atoms with van der Waals surface area (Å²) in [6, 6.07) is 13.5. The summed E-state index contributed by atoms with van der Waals surface area (Å²) in [5.41, 5.74) is 3.38. The maximum absolute atomic E-state index is 12.3. The Hall–Kier alpha value is -2.86. The van der Waals surface area contributed by atoms with E-state index in [1.54, 1.807) is 7.11 Å². The standard InChI is InChI=1S/C21H25N3O3/c1-4-27-18-9-7-17(8-10-18)24-15(2)23-19-14-16(6-11-20(19)24)21(25)22-12-5-13-26-3/h6-11,14H,4-5,12-13H2,1-3H3,(H,22,25). The van der Waals surface area contributed by atoms with E-state index in [0.717, 1.165) is 34.7 Å². The molecule has 0 saturated carbocycles. The number of nitrogens with one attached hydrogen (secondary N) is 1. The van der Waals surface area contributed by atoms with Crippen molar-refractivity contribution < 1.29 is 14.3 Å². The summed E-state index contributed by atoms with van der Waals surface area (Å²) in [5, 5.41) is 2.90. The molecule has 0 fully saturated rings. The summed E-state index contributed by atoms with van der Waals surface area (Å²) in [4.78, 5) is 16.9. The number of aryl methyl sites for hydroxylation is 1. The predicted molar refractivity (Wildman–Crippen MR) is 106 cm³/mol. The van der Waals surface area contributed by atoms with Crippen molar-refractivity contribution in [2.24, 2.45) is 0 Å². The highest BCUT2D eigenvalue weighted by Crippen LogP contribution is 2.24. The van der Waals surface area contributed by atoms with E-state index in [4.69, 9.17) is 9.47 Å². The Morgan fingerprint density at radius 1 is 1.19 bits per heavy atom. The minimum Gasteiger partial charge on any atom is -0.494 e. The number of methoxy groups -OCH3 is 1. The molecule has 2 aromatic carbocycles. The molecule has 1 N–H and O–H groups in total. The second-order valence-corrected chi connectivity index (χ2v) is 6.23. The monoisotopic (exact) mass is 367 g/mol. The van der Waals surface area contributed by atoms with Crippen LogP contribution in [0.3, 0.4) is 0 Å². The second kappa shape index (κ2) is 8.68. The van der Waals surface area contributed by atoms with Crippen molar-refractivity contribution in [2.45, 2.75) is 20.3 Å². The third-order valence-electron chi connectivity index (χ3n) is 4.30. The van der Waals surface area contributed by atoms with Gasteiger partial charge in [-0.1, -0.05) is 0 Å². The first-order valence-corrected chi connectivity index (χ1v) is 9.13. The summed E-state index contributed by atoms with van der Waals surface area (Å²) in [6.45, 7) is 5.78. The molecular weight excluding hydrogens is 342 g/mol. The lowest BCUT2D eigenvalue weighted by molar-refractivity contribution is 0.0948. The van der Waals surface area contributed by atoms with E-state index in [0.29, 0.717) is 25.3 Å². The number of fused-ring (bicyclic) bond motifs is 1. The highest BCUT2D eigenvalue weighted by atomic mass is 16.5. The van der Waals surface area contributed by atoms with Gasteiger partial charge in [-0.15, -0.1) is 0 Å². The highest BCUT2D eigenvalue weighted by molar-refractivity contribution is 5.97. The Morgan fingerprint density at radius 2 is 1.96 bits per heavy atom. The largest absolute Gasteiger partial charge is 0.494 e. The SMILES string of the molecule is CCOc1ccc(-n2c(C)nc3cc(C(=O)NCCCOC)ccc32)cc1. The molecule has 0 aliphatic heterocycles. The molecule has 0 aliphatic rings. The van der Waals surface area contributed by atoms with Crippen molar-refractivity contribution in [2.75, 3.05) is 26.9 Å². The van der Waals surface area contributed by atoms with E-state index in [1.165, 1.54) is 0 Å². The molecule has 27 heavy (non-hydrogen) atoms. The van der Waals surface area contributed by atoms with Crippen LogP contribution in [-0.2, 0) is 4.74 Å². The van der Waals surface area contributed by atoms with Gasteiger partial charge in [-0.2, -0.15) is 0 Å². The molecule has 1 heterocycles. The lowest BCUT2D eigenvalue weighted by Gasteiger charge is -2.09. The Bertz CT molecular complexity index is 916. The fraction of sp³-hybridized carbons (Fsp3) is 0.333. The predicted octanol–water partition coefficient (Wildman–Crippen LogP) is 3.50. The van der Waals surface area contributed by atoms with Crippen LogP contribution in [0.1, 0.15) is 29.5 Å². The normalized spacial score (nSPS) is 10.9. The topological polar surface area (TPSA) is 65.4 Å². The van der Waals surface area contributed by atoms with Crippen LogP contribution in [0.2, 0.25) is 0 Å². The number of benzene rings is 2. The number of aromatic nitrogens is 2. The van der Waals surface area contributed by atoms with Gasteiger partial charge in [0.05, 0.1) is 17.6 Å². The zero-order valence-corrected chi connectivity index (χ0v) is 16.0. The van der Waals surface area contributed by atoms with E-state index < -0.39 is 0 Å². The summed E-state index contributed by atoms with van der Waals surface area (Å²) < 4.78 is 12.6. The van der Waals surface area contributed by atoms with Gasteiger partial charge in [0.1, 0.15) is 11.6 Å². The van der Waals surface area contributed by atoms with E-state index in [1.807, 2.05) is 56.3 Å². The maximum Gasteiger partial charge on any atom is 0.251 e. The van der Waals surface area contributed by atoms with E-state index in [2.05, 4.69) is 14.9 Å². The fourth-order valence-electron chi connectivity index (χ4n) is 3.05. The second-order valence-electron chi connectivity index (χ2n) is 6.23. The molecule has 0 radical (unpaired) electrons. The molecule has 0 bridgehead atoms. The Kier molecular flexibility index (Phi) is 6.08. The van der Waals surface area contributed by atoms with Crippen LogP contribution in [0.25, 0.3) is 16.7 Å². The molecule has 1 amide bonds. The fourth-order valence-corrected chi connectivity index (χ4v) is 3.05. The molecule has 0 saturated heterocycles. The van der Waals surface area contributed by atoms with E-state index >= 15 is 0 Å². The molecule has 6 heteroatoms. The zero-order valence-electron chi connectivity index (χ0n) is 16.0. The Morgan fingerprint density at radius 3 is 2.67 bits per heavy atom. The molecule has 1 aromatic heterocycles. The first kappa shape index (κ1) is 18.9. The van der Waals surface area contributed by atoms with Crippen LogP contribution in [0.4, 0.5) is 0 Å². The Balaban J connectivity index is 1.84. The van der Waals surface area contributed by atoms with Crippen molar-refractivity contribution >= 4 is 16.9 Å². The lowest BCUT2D eigenvalue weighted by atomic mass is 10.2. The van der Waals surface area contributed by atoms with Gasteiger partial charge in [0.25, 0.3) is 5.91 Å². The van der Waals surface area contributed by atoms with E-state index in [9.17, 15) is 4.79 Å². The number of amides is 1. The number of imidazole rings is 1. The average Bonchev–Trinajstić information content (AvgIpc) is 3.01. The van der Waals surface area contributed by atoms with Crippen molar-refractivity contribution in [3.8, 4) is 11.4 Å². The van der Waals surface area contributed by atoms with Crippen LogP contribution < -0.4 is 10.1 Å². The van der Waals surface area contributed by atoms with Crippen molar-refractivity contribution in [3.63, 3.8) is 0 Å². The van der Waals surface area contributed by atoms with Gasteiger partial charge in [-0.05, 0) is 62.7 Å². The van der Waals surface area contributed by atoms with Crippen LogP contribution in [-0.4, -0.2) is 42.3 Å². The van der Waals surface area contributed by atoms with Crippen molar-refractivity contribution in [1.29, 1.82) is 0 Å². The minimum absolute atomic E-state index is 0.0960. The number of carbonyl (C=O) groups excluding carboxylic acids is 1. The minimum atomic E-state index is -0.0960. The van der Waals surface area contributed by atoms with Crippen LogP contribution >= 0.6 is 0 Å². The van der Waals surface area contributed by atoms with Gasteiger partial charge in [0.2, 0.25) is 0 Å². The number of rotatable bonds is 8. The third-order valence-corrected chi connectivity index (χ3v) is 4.30. The summed E-state index contributed by atoms with van der Waals surface area (Å²) in [5.74, 6) is 1.61. The zero-order chi connectivity index (χ0) is 19.2. The van der Waals surface area contributed by atoms with Gasteiger partial charge in [0.15, 0.2) is 0 Å². The summed E-state index contributed by atoms with van der Waals surface area (Å²) in [7, 11) is 1.65. The lowest BCUT2D eigenvalue weighted by Crippen LogP contribution is -2.25. The number of carbonyl (C=O) groups is 1. The first-order chi connectivity index (χ1) is 13.1. The van der Waals surface area contributed by atoms with E-state index in [-0.39, 0.29) is 5.91 Å². The number of ether oxygens (including phenoxy) is 2. The third kappa shape index (κ3) is 4.28. The van der Waals surface area contributed by atoms with Crippen LogP contribution in [0, 0.1) is 6.92 Å². The first-order valence-electron chi connectivity index (χ1n) is 9.13. The number of hydrogen-bond donors (Lipinski definition) is 1. The number of hydrogen-bond acceptors (Lipinski definition) is 4. The number of nitrogens with zero attached hydrogens (tertiary/aromatic N) is 2. The summed E-state index contributed by atoms with van der Waals surface area (Å²) in [6.07, 6.45) is 0.788. The molecule has 3 rings (SSSR count). The molecule has 0 aliphatic carbocycles. The average molecular weight is 367 g/mol. The van der Waals surface area contributed by atoms with Crippen LogP contribution in [0.15, 0.2) is 42.5 Å². The molecular formula is C21H25N3O3. The Labute approximate surface area is 159 Å². The molecule has 0 atom stereocenters. The van der Waals surface area contributed by atoms with Gasteiger partial charge >= 0.3 is 0 Å². The highest BCUT2D eigenvalue weighted by Gasteiger charge is 2.12. The van der Waals surface area contributed by atoms with Crippen molar-refractivity contribution in [1.82, 2.24) is 14.9 Å².